The van der Waals surface area contributed by atoms with Crippen molar-refractivity contribution in [2.24, 2.45) is 7.05 Å². The highest BCUT2D eigenvalue weighted by Crippen LogP contribution is 2.21. The summed E-state index contributed by atoms with van der Waals surface area (Å²) in [5.74, 6) is 0.708. The SMILES string of the molecule is CN(CC(=O)NC1CCN(c2nccc(-c3cnn(C)c3)n2)C1)Cc1cccnc1. The molecule has 4 heterocycles. The van der Waals surface area contributed by atoms with E-state index in [-0.39, 0.29) is 11.9 Å². The van der Waals surface area contributed by atoms with Gasteiger partial charge < -0.3 is 10.2 Å². The number of pyridine rings is 1. The number of carbonyl (C=O) groups is 1. The van der Waals surface area contributed by atoms with Gasteiger partial charge in [0, 0.05) is 63.1 Å². The number of nitrogens with one attached hydrogen (secondary N) is 1. The molecule has 0 saturated carbocycles. The number of anilines is 1. The van der Waals surface area contributed by atoms with Crippen molar-refractivity contribution in [1.82, 2.24) is 34.9 Å². The molecular formula is C21H26N8O. The fraction of sp³-hybridized carbons (Fsp3) is 0.381. The second kappa shape index (κ2) is 9.00. The molecule has 1 N–H and O–H groups in total. The van der Waals surface area contributed by atoms with E-state index in [1.54, 1.807) is 23.3 Å². The summed E-state index contributed by atoms with van der Waals surface area (Å²) < 4.78 is 1.75. The van der Waals surface area contributed by atoms with Crippen LogP contribution in [-0.2, 0) is 18.4 Å². The van der Waals surface area contributed by atoms with Crippen LogP contribution in [0.25, 0.3) is 11.3 Å². The third-order valence-electron chi connectivity index (χ3n) is 5.07. The molecule has 0 radical (unpaired) electrons. The van der Waals surface area contributed by atoms with Crippen LogP contribution in [0.5, 0.6) is 0 Å². The molecule has 156 valence electrons. The minimum atomic E-state index is 0.0262. The van der Waals surface area contributed by atoms with Gasteiger partial charge in [0.2, 0.25) is 11.9 Å². The minimum Gasteiger partial charge on any atom is -0.350 e. The summed E-state index contributed by atoms with van der Waals surface area (Å²) in [5.41, 5.74) is 2.89. The van der Waals surface area contributed by atoms with Gasteiger partial charge in [-0.05, 0) is 31.2 Å². The van der Waals surface area contributed by atoms with Crippen LogP contribution in [-0.4, -0.2) is 68.3 Å². The summed E-state index contributed by atoms with van der Waals surface area (Å²) in [4.78, 5) is 29.8. The Balaban J connectivity index is 1.30. The molecule has 1 atom stereocenters. The van der Waals surface area contributed by atoms with Crippen molar-refractivity contribution in [2.75, 3.05) is 31.6 Å². The topological polar surface area (TPSA) is 92.1 Å². The van der Waals surface area contributed by atoms with Crippen LogP contribution in [0.1, 0.15) is 12.0 Å². The summed E-state index contributed by atoms with van der Waals surface area (Å²) >= 11 is 0. The molecule has 0 bridgehead atoms. The van der Waals surface area contributed by atoms with E-state index in [0.29, 0.717) is 25.6 Å². The number of hydrogen-bond acceptors (Lipinski definition) is 7. The summed E-state index contributed by atoms with van der Waals surface area (Å²) in [5, 5.41) is 7.34. The molecule has 1 aliphatic rings. The summed E-state index contributed by atoms with van der Waals surface area (Å²) in [6, 6.07) is 5.89. The molecule has 0 spiro atoms. The number of nitrogens with zero attached hydrogens (tertiary/aromatic N) is 7. The standard InChI is InChI=1S/C21H26N8O/c1-27(12-16-4-3-7-22-10-16)15-20(30)25-18-6-9-29(14-18)21-23-8-5-19(26-21)17-11-24-28(2)13-17/h3-5,7-8,10-11,13,18H,6,9,12,14-15H2,1-2H3,(H,25,30). The van der Waals surface area contributed by atoms with Gasteiger partial charge in [-0.3, -0.25) is 19.4 Å². The monoisotopic (exact) mass is 406 g/mol. The third kappa shape index (κ3) is 4.98. The Bertz CT molecular complexity index is 989. The Morgan fingerprint density at radius 3 is 2.97 bits per heavy atom. The highest BCUT2D eigenvalue weighted by molar-refractivity contribution is 5.78. The predicted molar refractivity (Wildman–Crippen MR) is 114 cm³/mol. The first-order valence-corrected chi connectivity index (χ1v) is 10.0. The van der Waals surface area contributed by atoms with Crippen molar-refractivity contribution < 1.29 is 4.79 Å². The quantitative estimate of drug-likeness (QED) is 0.628. The highest BCUT2D eigenvalue weighted by Gasteiger charge is 2.26. The molecule has 3 aromatic heterocycles. The van der Waals surface area contributed by atoms with E-state index in [9.17, 15) is 4.79 Å². The van der Waals surface area contributed by atoms with E-state index in [1.165, 1.54) is 0 Å². The van der Waals surface area contributed by atoms with Crippen molar-refractivity contribution in [3.63, 3.8) is 0 Å². The fourth-order valence-electron chi connectivity index (χ4n) is 3.65. The second-order valence-corrected chi connectivity index (χ2v) is 7.68. The van der Waals surface area contributed by atoms with Crippen LogP contribution in [0.2, 0.25) is 0 Å². The molecule has 1 aliphatic heterocycles. The third-order valence-corrected chi connectivity index (χ3v) is 5.07. The lowest BCUT2D eigenvalue weighted by molar-refractivity contribution is -0.122. The van der Waals surface area contributed by atoms with Crippen LogP contribution < -0.4 is 10.2 Å². The van der Waals surface area contributed by atoms with Crippen molar-refractivity contribution >= 4 is 11.9 Å². The zero-order valence-electron chi connectivity index (χ0n) is 17.3. The van der Waals surface area contributed by atoms with Crippen molar-refractivity contribution in [2.45, 2.75) is 19.0 Å². The molecule has 0 aromatic carbocycles. The van der Waals surface area contributed by atoms with E-state index < -0.39 is 0 Å². The number of hydrogen-bond donors (Lipinski definition) is 1. The van der Waals surface area contributed by atoms with Gasteiger partial charge in [0.25, 0.3) is 0 Å². The van der Waals surface area contributed by atoms with E-state index >= 15 is 0 Å². The summed E-state index contributed by atoms with van der Waals surface area (Å²) in [7, 11) is 3.82. The molecule has 9 heteroatoms. The zero-order valence-corrected chi connectivity index (χ0v) is 17.3. The number of carbonyl (C=O) groups excluding carboxylic acids is 1. The van der Waals surface area contributed by atoms with E-state index in [0.717, 1.165) is 29.8 Å². The smallest absolute Gasteiger partial charge is 0.234 e. The average Bonchev–Trinajstić information content (AvgIpc) is 3.38. The van der Waals surface area contributed by atoms with Gasteiger partial charge in [0.15, 0.2) is 0 Å². The molecule has 1 amide bonds. The molecule has 9 nitrogen and oxygen atoms in total. The van der Waals surface area contributed by atoms with Gasteiger partial charge in [0.1, 0.15) is 0 Å². The number of likely N-dealkylation sites (N-methyl/N-ethyl adjacent to an activating group) is 1. The van der Waals surface area contributed by atoms with Gasteiger partial charge in [-0.15, -0.1) is 0 Å². The summed E-state index contributed by atoms with van der Waals surface area (Å²) in [6.07, 6.45) is 9.94. The van der Waals surface area contributed by atoms with Crippen molar-refractivity contribution in [3.8, 4) is 11.3 Å². The Labute approximate surface area is 175 Å². The minimum absolute atomic E-state index is 0.0262. The van der Waals surface area contributed by atoms with Crippen molar-refractivity contribution in [1.29, 1.82) is 0 Å². The fourth-order valence-corrected chi connectivity index (χ4v) is 3.65. The molecule has 30 heavy (non-hydrogen) atoms. The molecular weight excluding hydrogens is 380 g/mol. The predicted octanol–water partition coefficient (Wildman–Crippen LogP) is 1.10. The molecule has 3 aromatic rings. The molecule has 4 rings (SSSR count). The van der Waals surface area contributed by atoms with Gasteiger partial charge in [-0.2, -0.15) is 5.10 Å². The number of aromatic nitrogens is 5. The van der Waals surface area contributed by atoms with Gasteiger partial charge >= 0.3 is 0 Å². The molecule has 1 saturated heterocycles. The van der Waals surface area contributed by atoms with Crippen LogP contribution >= 0.6 is 0 Å². The van der Waals surface area contributed by atoms with Gasteiger partial charge in [-0.1, -0.05) is 6.07 Å². The Kier molecular flexibility index (Phi) is 5.99. The lowest BCUT2D eigenvalue weighted by Gasteiger charge is -2.19. The average molecular weight is 406 g/mol. The number of amides is 1. The lowest BCUT2D eigenvalue weighted by atomic mass is 10.2. The summed E-state index contributed by atoms with van der Waals surface area (Å²) in [6.45, 7) is 2.55. The number of aryl methyl sites for hydroxylation is 1. The highest BCUT2D eigenvalue weighted by atomic mass is 16.2. The maximum atomic E-state index is 12.5. The normalized spacial score (nSPS) is 16.2. The lowest BCUT2D eigenvalue weighted by Crippen LogP contribution is -2.42. The van der Waals surface area contributed by atoms with E-state index in [2.05, 4.69) is 30.3 Å². The first-order chi connectivity index (χ1) is 14.6. The Hall–Kier alpha value is -3.33. The largest absolute Gasteiger partial charge is 0.350 e. The van der Waals surface area contributed by atoms with Crippen LogP contribution in [0.4, 0.5) is 5.95 Å². The van der Waals surface area contributed by atoms with E-state index in [4.69, 9.17) is 0 Å². The maximum Gasteiger partial charge on any atom is 0.234 e. The van der Waals surface area contributed by atoms with Crippen LogP contribution in [0.3, 0.4) is 0 Å². The first-order valence-electron chi connectivity index (χ1n) is 10.0. The van der Waals surface area contributed by atoms with Crippen molar-refractivity contribution in [3.05, 3.63) is 54.7 Å². The Morgan fingerprint density at radius 2 is 2.20 bits per heavy atom. The molecule has 1 unspecified atom stereocenters. The molecule has 0 aliphatic carbocycles. The molecule has 1 fully saturated rings. The second-order valence-electron chi connectivity index (χ2n) is 7.68. The van der Waals surface area contributed by atoms with Gasteiger partial charge in [-0.25, -0.2) is 9.97 Å². The van der Waals surface area contributed by atoms with Gasteiger partial charge in [0.05, 0.1) is 18.4 Å². The number of rotatable bonds is 7. The maximum absolute atomic E-state index is 12.5. The van der Waals surface area contributed by atoms with Crippen LogP contribution in [0.15, 0.2) is 49.2 Å². The zero-order chi connectivity index (χ0) is 20.9. The van der Waals surface area contributed by atoms with E-state index in [1.807, 2.05) is 49.6 Å². The first kappa shape index (κ1) is 20.0. The van der Waals surface area contributed by atoms with Crippen LogP contribution in [0, 0.1) is 0 Å². The Morgan fingerprint density at radius 1 is 1.30 bits per heavy atom.